The van der Waals surface area contributed by atoms with E-state index in [2.05, 4.69) is 19.9 Å². The zero-order valence-electron chi connectivity index (χ0n) is 66.5. The summed E-state index contributed by atoms with van der Waals surface area (Å²) in [4.78, 5) is 86.4. The highest BCUT2D eigenvalue weighted by molar-refractivity contribution is 6.11. The number of carbonyl (C=O) groups is 6. The number of aromatic nitrogens is 8. The predicted octanol–water partition coefficient (Wildman–Crippen LogP) is 21.1. The Bertz CT molecular complexity index is 6310. The molecule has 0 saturated heterocycles. The number of nitriles is 4. The van der Waals surface area contributed by atoms with Gasteiger partial charge in [-0.3, -0.25) is 19.2 Å². The number of pyridine rings is 4. The van der Waals surface area contributed by atoms with Gasteiger partial charge in [-0.05, 0) is 175 Å². The third kappa shape index (κ3) is 22.6. The molecule has 0 saturated carbocycles. The maximum atomic E-state index is 13.6. The van der Waals surface area contributed by atoms with Crippen molar-refractivity contribution >= 4 is 104 Å². The maximum Gasteiger partial charge on any atom is 0.417 e. The number of aromatic carboxylic acids is 2. The van der Waals surface area contributed by atoms with Crippen molar-refractivity contribution in [1.82, 2.24) is 38.2 Å². The molecule has 0 bridgehead atoms. The van der Waals surface area contributed by atoms with E-state index in [0.717, 1.165) is 99.1 Å². The van der Waals surface area contributed by atoms with Gasteiger partial charge in [0, 0.05) is 120 Å². The Morgan fingerprint density at radius 2 is 0.532 bits per heavy atom. The number of nitrogens with zero attached hydrogens (tertiary/aromatic N) is 12. The first-order chi connectivity index (χ1) is 58.6. The molecule has 648 valence electrons. The van der Waals surface area contributed by atoms with E-state index in [1.165, 1.54) is 120 Å². The summed E-state index contributed by atoms with van der Waals surface area (Å²) in [6.07, 6.45) is -13.3. The van der Waals surface area contributed by atoms with Crippen molar-refractivity contribution < 1.29 is 118 Å². The molecule has 0 aliphatic carbocycles. The van der Waals surface area contributed by atoms with Gasteiger partial charge >= 0.3 is 49.0 Å². The largest absolute Gasteiger partial charge is 0.478 e. The summed E-state index contributed by atoms with van der Waals surface area (Å²) in [6.45, 7) is 10.2. The van der Waals surface area contributed by atoms with Gasteiger partial charge < -0.3 is 28.5 Å². The molecule has 0 aliphatic heterocycles. The lowest BCUT2D eigenvalue weighted by Gasteiger charge is -2.12. The van der Waals surface area contributed by atoms with Crippen LogP contribution in [0.25, 0.3) is 68.4 Å². The van der Waals surface area contributed by atoms with E-state index < -0.39 is 106 Å². The molecule has 0 amide bonds. The van der Waals surface area contributed by atoms with Crippen LogP contribution in [-0.4, -0.2) is 83.5 Å². The first-order valence-corrected chi connectivity index (χ1v) is 36.4. The van der Waals surface area contributed by atoms with Crippen LogP contribution >= 0.6 is 0 Å². The number of ketones is 4. The lowest BCUT2D eigenvalue weighted by Crippen LogP contribution is -2.08. The fourth-order valence-electron chi connectivity index (χ4n) is 13.5. The van der Waals surface area contributed by atoms with Gasteiger partial charge in [0.2, 0.25) is 0 Å². The number of rotatable bonds is 18. The molecule has 38 heteroatoms. The van der Waals surface area contributed by atoms with Crippen molar-refractivity contribution in [2.75, 3.05) is 0 Å². The van der Waals surface area contributed by atoms with Crippen molar-refractivity contribution in [3.05, 3.63) is 280 Å². The predicted molar refractivity (Wildman–Crippen MR) is 421 cm³/mol. The van der Waals surface area contributed by atoms with Crippen LogP contribution in [0.15, 0.2) is 169 Å². The van der Waals surface area contributed by atoms with Crippen molar-refractivity contribution in [2.45, 2.75) is 119 Å². The number of carboxylic acid groups (broad SMARTS) is 2. The smallest absolute Gasteiger partial charge is 0.417 e. The van der Waals surface area contributed by atoms with E-state index in [9.17, 15) is 129 Å². The Hall–Kier alpha value is -15.1. The zero-order chi connectivity index (χ0) is 93.5. The highest BCUT2D eigenvalue weighted by Crippen LogP contribution is 2.42. The standard InChI is InChI=1S/2C22H15F6N3O.2C22H16F3N3O3/c2*1-12-5-14(7-17(6-12)21(23,24)25)10-31-11-16(8-15(9-29)13(2)32)19-18(22(26,27)28)3-4-30-20(19)31;2*1-12-5-14(7-17(6-12)22(23,24)25)10-28-11-16(8-15(9-26)13(2)29)19-18(21(30)31)3-4-27-20(19)28/h2*3-8,11H,10H2,1-2H3;2*3-8,11H,10H2,1-2H3,(H,30,31)/b4*15-8+. The van der Waals surface area contributed by atoms with Crippen molar-refractivity contribution in [2.24, 2.45) is 0 Å². The van der Waals surface area contributed by atoms with Crippen molar-refractivity contribution in [1.29, 1.82) is 21.0 Å². The third-order valence-corrected chi connectivity index (χ3v) is 18.7. The second-order valence-corrected chi connectivity index (χ2v) is 28.4. The Morgan fingerprint density at radius 3 is 0.722 bits per heavy atom. The molecule has 0 spiro atoms. The number of benzene rings is 4. The minimum Gasteiger partial charge on any atom is -0.478 e. The number of hydrogen-bond donors (Lipinski definition) is 2. The number of aryl methyl sites for hydroxylation is 4. The van der Waals surface area contributed by atoms with Gasteiger partial charge in [0.25, 0.3) is 0 Å². The molecule has 126 heavy (non-hydrogen) atoms. The van der Waals surface area contributed by atoms with E-state index in [0.29, 0.717) is 33.4 Å². The fraction of sp³-hybridized carbons (Fsp3) is 0.205. The Balaban J connectivity index is 0.000000190. The van der Waals surface area contributed by atoms with Crippen LogP contribution < -0.4 is 0 Å². The molecule has 4 aromatic carbocycles. The Morgan fingerprint density at radius 1 is 0.325 bits per heavy atom. The van der Waals surface area contributed by atoms with Gasteiger partial charge in [-0.2, -0.15) is 100 Å². The summed E-state index contributed by atoms with van der Waals surface area (Å²) in [5, 5.41) is 55.5. The molecule has 0 unspecified atom stereocenters. The summed E-state index contributed by atoms with van der Waals surface area (Å²) in [7, 11) is 0. The SMILES string of the molecule is CC(=O)/C(C#N)=C/c1cn(Cc2cc(C)cc(C(F)(F)F)c2)c2nccc(C(=O)O)c12.CC(=O)/C(C#N)=C/c1cn(Cc2cc(C)cc(C(F)(F)F)c2)c2nccc(C(=O)O)c12.CC(=O)/C(C#N)=C/c1cn(Cc2cc(C)cc(C(F)(F)F)c2)c2nccc(C(F)(F)F)c12.CC(=O)/C(C#N)=C/c1cn(Cc2cc(C)cc(C(F)(F)F)c2)c2nccc(C(F)(F)F)c12. The van der Waals surface area contributed by atoms with E-state index >= 15 is 0 Å². The molecule has 0 fully saturated rings. The Labute approximate surface area is 701 Å². The summed E-state index contributed by atoms with van der Waals surface area (Å²) in [6, 6.07) is 24.9. The number of Topliss-reactive ketones (excluding diaryl/α,β-unsaturated/α-hetero) is 4. The molecule has 2 N–H and O–H groups in total. The topological polar surface area (TPSA) is 309 Å². The van der Waals surface area contributed by atoms with Gasteiger partial charge in [-0.25, -0.2) is 29.5 Å². The molecule has 0 radical (unpaired) electrons. The normalized spacial score (nSPS) is 12.4. The van der Waals surface area contributed by atoms with Gasteiger partial charge in [0.1, 0.15) is 46.9 Å². The number of allylic oxidation sites excluding steroid dienone is 4. The van der Waals surface area contributed by atoms with Crippen molar-refractivity contribution in [3.63, 3.8) is 0 Å². The van der Waals surface area contributed by atoms with Crippen LogP contribution in [0.5, 0.6) is 0 Å². The second kappa shape index (κ2) is 37.3. The van der Waals surface area contributed by atoms with Crippen LogP contribution in [0.1, 0.15) is 149 Å². The summed E-state index contributed by atoms with van der Waals surface area (Å²) >= 11 is 0. The molecule has 0 atom stereocenters. The van der Waals surface area contributed by atoms with Gasteiger partial charge in [-0.1, -0.05) is 46.5 Å². The maximum absolute atomic E-state index is 13.6. The number of carboxylic acids is 2. The van der Waals surface area contributed by atoms with Gasteiger partial charge in [-0.15, -0.1) is 0 Å². The summed E-state index contributed by atoms with van der Waals surface area (Å²) in [5.41, 5.74) is -3.62. The Kier molecular flexibility index (Phi) is 28.1. The highest BCUT2D eigenvalue weighted by atomic mass is 19.4. The quantitative estimate of drug-likeness (QED) is 0.0458. The highest BCUT2D eigenvalue weighted by Gasteiger charge is 2.39. The lowest BCUT2D eigenvalue weighted by atomic mass is 10.1. The number of fused-ring (bicyclic) bond motifs is 4. The molecule has 8 heterocycles. The average molecular weight is 1760 g/mol. The van der Waals surface area contributed by atoms with Crippen LogP contribution in [-0.2, 0) is 82.4 Å². The molecule has 12 rings (SSSR count). The minimum atomic E-state index is -4.76. The monoisotopic (exact) mass is 1760 g/mol. The first kappa shape index (κ1) is 94.8. The minimum absolute atomic E-state index is 0.0207. The molecule has 8 aromatic heterocycles. The van der Waals surface area contributed by atoms with Crippen LogP contribution in [0.2, 0.25) is 0 Å². The van der Waals surface area contributed by atoms with Crippen molar-refractivity contribution in [3.8, 4) is 24.3 Å². The van der Waals surface area contributed by atoms with E-state index in [1.807, 2.05) is 0 Å². The summed E-state index contributed by atoms with van der Waals surface area (Å²) in [5.74, 6) is -4.76. The molecule has 20 nitrogen and oxygen atoms in total. The molecule has 0 aliphatic rings. The number of halogens is 18. The van der Waals surface area contributed by atoms with Crippen LogP contribution in [0.3, 0.4) is 0 Å². The number of carbonyl (C=O) groups excluding carboxylic acids is 4. The van der Waals surface area contributed by atoms with E-state index in [1.54, 1.807) is 50.3 Å². The zero-order valence-corrected chi connectivity index (χ0v) is 66.5. The first-order valence-electron chi connectivity index (χ1n) is 36.4. The second-order valence-electron chi connectivity index (χ2n) is 28.4. The fourth-order valence-corrected chi connectivity index (χ4v) is 13.5. The van der Waals surface area contributed by atoms with Crippen LogP contribution in [0.4, 0.5) is 79.0 Å². The third-order valence-electron chi connectivity index (χ3n) is 18.7. The summed E-state index contributed by atoms with van der Waals surface area (Å²) < 4.78 is 245. The number of hydrogen-bond acceptors (Lipinski definition) is 14. The number of alkyl halides is 18. The average Bonchev–Trinajstić information content (AvgIpc) is 1.59. The molecule has 12 aromatic rings. The molecular weight excluding hydrogens is 1700 g/mol. The van der Waals surface area contributed by atoms with E-state index in [4.69, 9.17) is 10.5 Å². The van der Waals surface area contributed by atoms with E-state index in [-0.39, 0.29) is 137 Å². The van der Waals surface area contributed by atoms with Gasteiger partial charge in [0.15, 0.2) is 23.1 Å². The van der Waals surface area contributed by atoms with Crippen LogP contribution in [0, 0.1) is 73.0 Å². The lowest BCUT2D eigenvalue weighted by molar-refractivity contribution is -0.138. The van der Waals surface area contributed by atoms with Gasteiger partial charge in [0.05, 0.1) is 66.8 Å². The molecular formula is C88H62F18N12O8.